The third kappa shape index (κ3) is 7.19. The summed E-state index contributed by atoms with van der Waals surface area (Å²) in [5.41, 5.74) is 0.715. The Morgan fingerprint density at radius 2 is 1.74 bits per heavy atom. The van der Waals surface area contributed by atoms with E-state index in [0.29, 0.717) is 5.57 Å². The molecular weight excluding hydrogens is 236 g/mol. The monoisotopic (exact) mass is 264 g/mol. The lowest BCUT2D eigenvalue weighted by Gasteiger charge is -1.99. The van der Waals surface area contributed by atoms with E-state index < -0.39 is 0 Å². The summed E-state index contributed by atoms with van der Waals surface area (Å²) < 4.78 is 5.03. The van der Waals surface area contributed by atoms with E-state index >= 15 is 0 Å². The van der Waals surface area contributed by atoms with Crippen molar-refractivity contribution in [2.75, 3.05) is 0 Å². The van der Waals surface area contributed by atoms with Gasteiger partial charge in [-0.3, -0.25) is 0 Å². The number of carbonyl (C=O) groups is 1. The summed E-state index contributed by atoms with van der Waals surface area (Å²) >= 11 is 0. The van der Waals surface area contributed by atoms with Crippen molar-refractivity contribution in [2.24, 2.45) is 0 Å². The van der Waals surface area contributed by atoms with E-state index in [1.807, 2.05) is 19.1 Å². The van der Waals surface area contributed by atoms with Crippen LogP contribution in [0.5, 0.6) is 0 Å². The maximum atomic E-state index is 11.3. The number of esters is 1. The van der Waals surface area contributed by atoms with Crippen molar-refractivity contribution in [1.82, 2.24) is 0 Å². The number of hydrogen-bond acceptors (Lipinski definition) is 2. The minimum absolute atomic E-state index is 0.0599. The van der Waals surface area contributed by atoms with Gasteiger partial charge in [0, 0.05) is 0 Å². The van der Waals surface area contributed by atoms with Gasteiger partial charge in [-0.25, -0.2) is 4.79 Å². The van der Waals surface area contributed by atoms with E-state index in [2.05, 4.69) is 13.0 Å². The number of allylic oxidation sites excluding steroid dienone is 1. The maximum Gasteiger partial charge on any atom is 0.338 e. The number of cyclic esters (lactones) is 1. The highest BCUT2D eigenvalue weighted by Crippen LogP contribution is 2.15. The molecule has 0 aromatic rings. The van der Waals surface area contributed by atoms with Crippen LogP contribution in [0, 0.1) is 0 Å². The molecule has 0 bridgehead atoms. The summed E-state index contributed by atoms with van der Waals surface area (Å²) in [6.07, 6.45) is 17.6. The van der Waals surface area contributed by atoms with Crippen molar-refractivity contribution < 1.29 is 9.53 Å². The fourth-order valence-electron chi connectivity index (χ4n) is 2.32. The molecule has 1 aliphatic rings. The highest BCUT2D eigenvalue weighted by molar-refractivity contribution is 5.93. The molecule has 19 heavy (non-hydrogen) atoms. The van der Waals surface area contributed by atoms with E-state index in [4.69, 9.17) is 4.74 Å². The van der Waals surface area contributed by atoms with Gasteiger partial charge in [0.1, 0.15) is 6.10 Å². The summed E-state index contributed by atoms with van der Waals surface area (Å²) in [7, 11) is 0. The zero-order valence-corrected chi connectivity index (χ0v) is 12.5. The molecule has 2 heteroatoms. The Morgan fingerprint density at radius 3 is 2.32 bits per heavy atom. The Morgan fingerprint density at radius 1 is 1.11 bits per heavy atom. The van der Waals surface area contributed by atoms with E-state index in [-0.39, 0.29) is 12.1 Å². The molecule has 1 rings (SSSR count). The molecule has 0 fully saturated rings. The van der Waals surface area contributed by atoms with Gasteiger partial charge >= 0.3 is 5.97 Å². The van der Waals surface area contributed by atoms with Crippen molar-refractivity contribution in [3.63, 3.8) is 0 Å². The van der Waals surface area contributed by atoms with Crippen molar-refractivity contribution in [3.05, 3.63) is 23.8 Å². The van der Waals surface area contributed by atoms with Gasteiger partial charge in [-0.1, -0.05) is 64.0 Å². The topological polar surface area (TPSA) is 26.3 Å². The molecule has 0 aromatic heterocycles. The first-order valence-corrected chi connectivity index (χ1v) is 7.83. The van der Waals surface area contributed by atoms with E-state index in [0.717, 1.165) is 6.42 Å². The van der Waals surface area contributed by atoms with Crippen molar-refractivity contribution in [2.45, 2.75) is 77.7 Å². The zero-order valence-electron chi connectivity index (χ0n) is 12.5. The zero-order chi connectivity index (χ0) is 13.9. The molecule has 1 aliphatic heterocycles. The summed E-state index contributed by atoms with van der Waals surface area (Å²) in [5, 5.41) is 0. The molecule has 0 saturated carbocycles. The van der Waals surface area contributed by atoms with Crippen molar-refractivity contribution >= 4 is 5.97 Å². The number of hydrogen-bond donors (Lipinski definition) is 0. The molecule has 0 radical (unpaired) electrons. The molecule has 0 amide bonds. The van der Waals surface area contributed by atoms with Gasteiger partial charge < -0.3 is 4.74 Å². The molecule has 0 N–H and O–H groups in total. The maximum absolute atomic E-state index is 11.3. The second-order valence-electron chi connectivity index (χ2n) is 5.40. The van der Waals surface area contributed by atoms with Crippen molar-refractivity contribution in [1.29, 1.82) is 0 Å². The highest BCUT2D eigenvalue weighted by Gasteiger charge is 2.19. The first-order valence-electron chi connectivity index (χ1n) is 7.83. The summed E-state index contributed by atoms with van der Waals surface area (Å²) in [5.74, 6) is -0.181. The first-order chi connectivity index (χ1) is 9.24. The second-order valence-corrected chi connectivity index (χ2v) is 5.40. The number of ether oxygens (including phenoxy) is 1. The average molecular weight is 264 g/mol. The summed E-state index contributed by atoms with van der Waals surface area (Å²) in [6.45, 7) is 4.14. The van der Waals surface area contributed by atoms with Crippen LogP contribution in [0.25, 0.3) is 0 Å². The molecule has 0 aromatic carbocycles. The van der Waals surface area contributed by atoms with Crippen LogP contribution < -0.4 is 0 Å². The minimum Gasteiger partial charge on any atom is -0.455 e. The van der Waals surface area contributed by atoms with Crippen molar-refractivity contribution in [3.8, 4) is 0 Å². The lowest BCUT2D eigenvalue weighted by molar-refractivity contribution is -0.138. The Bertz CT molecular complexity index is 315. The lowest BCUT2D eigenvalue weighted by atomic mass is 10.1. The molecule has 108 valence electrons. The molecule has 0 saturated heterocycles. The van der Waals surface area contributed by atoms with Crippen LogP contribution in [-0.2, 0) is 9.53 Å². The van der Waals surface area contributed by atoms with Crippen LogP contribution >= 0.6 is 0 Å². The van der Waals surface area contributed by atoms with Crippen LogP contribution in [0.2, 0.25) is 0 Å². The smallest absolute Gasteiger partial charge is 0.338 e. The standard InChI is InChI=1S/C17H28O2/c1-3-4-5-6-7-8-9-10-11-12-13-16-14-15(2)19-17(16)18/h12-15H,3-11H2,1-2H3/b13-12+. The third-order valence-electron chi connectivity index (χ3n) is 3.46. The minimum atomic E-state index is -0.181. The predicted octanol–water partition coefficient (Wildman–Crippen LogP) is 4.95. The van der Waals surface area contributed by atoms with Gasteiger partial charge in [0.05, 0.1) is 5.57 Å². The van der Waals surface area contributed by atoms with Crippen LogP contribution in [-0.4, -0.2) is 12.1 Å². The fourth-order valence-corrected chi connectivity index (χ4v) is 2.32. The molecule has 2 nitrogen and oxygen atoms in total. The molecule has 1 unspecified atom stereocenters. The van der Waals surface area contributed by atoms with Crippen LogP contribution in [0.1, 0.15) is 71.6 Å². The van der Waals surface area contributed by atoms with E-state index in [1.165, 1.54) is 51.4 Å². The molecular formula is C17H28O2. The summed E-state index contributed by atoms with van der Waals surface area (Å²) in [4.78, 5) is 11.3. The predicted molar refractivity (Wildman–Crippen MR) is 80.0 cm³/mol. The van der Waals surface area contributed by atoms with Gasteiger partial charge in [0.2, 0.25) is 0 Å². The largest absolute Gasteiger partial charge is 0.455 e. The third-order valence-corrected chi connectivity index (χ3v) is 3.46. The number of carbonyl (C=O) groups excluding carboxylic acids is 1. The normalized spacial score (nSPS) is 18.9. The van der Waals surface area contributed by atoms with Crippen LogP contribution in [0.15, 0.2) is 23.8 Å². The van der Waals surface area contributed by atoms with Gasteiger partial charge in [0.25, 0.3) is 0 Å². The summed E-state index contributed by atoms with van der Waals surface area (Å²) in [6, 6.07) is 0. The van der Waals surface area contributed by atoms with E-state index in [9.17, 15) is 4.79 Å². The van der Waals surface area contributed by atoms with Crippen LogP contribution in [0.3, 0.4) is 0 Å². The first kappa shape index (κ1) is 16.0. The molecule has 1 heterocycles. The molecule has 0 aliphatic carbocycles. The molecule has 1 atom stereocenters. The van der Waals surface area contributed by atoms with Gasteiger partial charge in [-0.05, 0) is 25.8 Å². The highest BCUT2D eigenvalue weighted by atomic mass is 16.5. The Balaban J connectivity index is 1.96. The van der Waals surface area contributed by atoms with Crippen LogP contribution in [0.4, 0.5) is 0 Å². The SMILES string of the molecule is CCCCCCCCCC/C=C/C1=CC(C)OC1=O. The average Bonchev–Trinajstić information content (AvgIpc) is 2.70. The lowest BCUT2D eigenvalue weighted by Crippen LogP contribution is -2.02. The quantitative estimate of drug-likeness (QED) is 0.412. The van der Waals surface area contributed by atoms with Gasteiger partial charge in [-0.2, -0.15) is 0 Å². The molecule has 0 spiro atoms. The Labute approximate surface area is 117 Å². The fraction of sp³-hybridized carbons (Fsp3) is 0.706. The Kier molecular flexibility index (Phi) is 8.28. The van der Waals surface area contributed by atoms with Gasteiger partial charge in [-0.15, -0.1) is 0 Å². The Hall–Kier alpha value is -1.05. The number of rotatable bonds is 10. The van der Waals surface area contributed by atoms with Gasteiger partial charge in [0.15, 0.2) is 0 Å². The number of unbranched alkanes of at least 4 members (excludes halogenated alkanes) is 8. The second kappa shape index (κ2) is 9.82. The van der Waals surface area contributed by atoms with E-state index in [1.54, 1.807) is 0 Å².